The van der Waals surface area contributed by atoms with Gasteiger partial charge in [0.15, 0.2) is 6.61 Å². The summed E-state index contributed by atoms with van der Waals surface area (Å²) in [5, 5.41) is 3.02. The van der Waals surface area contributed by atoms with Crippen molar-refractivity contribution in [2.24, 2.45) is 0 Å². The zero-order valence-electron chi connectivity index (χ0n) is 16.2. The van der Waals surface area contributed by atoms with E-state index < -0.39 is 0 Å². The molecule has 0 heterocycles. The van der Waals surface area contributed by atoms with Gasteiger partial charge in [-0.05, 0) is 42.3 Å². The van der Waals surface area contributed by atoms with Crippen LogP contribution in [0.3, 0.4) is 0 Å². The third kappa shape index (κ3) is 4.71. The molecule has 28 heavy (non-hydrogen) atoms. The van der Waals surface area contributed by atoms with Gasteiger partial charge in [0, 0.05) is 12.0 Å². The zero-order chi connectivity index (χ0) is 19.8. The molecule has 144 valence electrons. The second kappa shape index (κ2) is 9.09. The third-order valence-corrected chi connectivity index (χ3v) is 4.89. The molecule has 0 spiro atoms. The third-order valence-electron chi connectivity index (χ3n) is 4.89. The Hall–Kier alpha value is -3.27. The van der Waals surface area contributed by atoms with E-state index in [1.807, 2.05) is 36.4 Å². The van der Waals surface area contributed by atoms with Crippen molar-refractivity contribution in [1.29, 1.82) is 0 Å². The van der Waals surface area contributed by atoms with E-state index in [0.29, 0.717) is 12.3 Å². The molecular weight excluding hydrogens is 350 g/mol. The molecule has 0 aliphatic rings. The van der Waals surface area contributed by atoms with Crippen LogP contribution in [0.15, 0.2) is 84.9 Å². The predicted molar refractivity (Wildman–Crippen MR) is 111 cm³/mol. The fourth-order valence-electron chi connectivity index (χ4n) is 3.13. The first kappa shape index (κ1) is 19.5. The van der Waals surface area contributed by atoms with Gasteiger partial charge in [-0.15, -0.1) is 0 Å². The number of nitrogens with one attached hydrogen (secondary N) is 1. The Labute approximate surface area is 166 Å². The molecule has 1 N–H and O–H groups in total. The second-order valence-corrected chi connectivity index (χ2v) is 6.81. The summed E-state index contributed by atoms with van der Waals surface area (Å²) < 4.78 is 10.7. The standard InChI is InChI=1S/C24H25NO3/c1-24(19-9-5-3-6-10-19,20-11-7-4-8-12-20)18-25-23(26)17-28-22-15-13-21(27-2)14-16-22/h3-16H,17-18H2,1-2H3,(H,25,26). The van der Waals surface area contributed by atoms with Crippen molar-refractivity contribution < 1.29 is 14.3 Å². The average molecular weight is 375 g/mol. The van der Waals surface area contributed by atoms with E-state index in [4.69, 9.17) is 9.47 Å². The SMILES string of the molecule is COc1ccc(OCC(=O)NCC(C)(c2ccccc2)c2ccccc2)cc1. The molecule has 1 amide bonds. The van der Waals surface area contributed by atoms with Gasteiger partial charge in [0.25, 0.3) is 5.91 Å². The van der Waals surface area contributed by atoms with Crippen LogP contribution in [-0.4, -0.2) is 26.2 Å². The van der Waals surface area contributed by atoms with Crippen LogP contribution in [0.1, 0.15) is 18.1 Å². The number of ether oxygens (including phenoxy) is 2. The van der Waals surface area contributed by atoms with Crippen molar-refractivity contribution in [3.05, 3.63) is 96.1 Å². The van der Waals surface area contributed by atoms with Gasteiger partial charge in [-0.25, -0.2) is 0 Å². The maximum absolute atomic E-state index is 12.4. The zero-order valence-corrected chi connectivity index (χ0v) is 16.2. The minimum Gasteiger partial charge on any atom is -0.497 e. The van der Waals surface area contributed by atoms with E-state index >= 15 is 0 Å². The Bertz CT molecular complexity index is 837. The summed E-state index contributed by atoms with van der Waals surface area (Å²) in [7, 11) is 1.61. The van der Waals surface area contributed by atoms with E-state index in [0.717, 1.165) is 16.9 Å². The van der Waals surface area contributed by atoms with E-state index in [-0.39, 0.29) is 17.9 Å². The molecule has 4 heteroatoms. The van der Waals surface area contributed by atoms with Gasteiger partial charge < -0.3 is 14.8 Å². The number of amides is 1. The highest BCUT2D eigenvalue weighted by molar-refractivity contribution is 5.77. The minimum absolute atomic E-state index is 0.0357. The lowest BCUT2D eigenvalue weighted by Crippen LogP contribution is -2.41. The molecule has 0 unspecified atom stereocenters. The lowest BCUT2D eigenvalue weighted by Gasteiger charge is -2.31. The van der Waals surface area contributed by atoms with E-state index in [1.54, 1.807) is 31.4 Å². The summed E-state index contributed by atoms with van der Waals surface area (Å²) in [5.41, 5.74) is 1.97. The van der Waals surface area contributed by atoms with Crippen molar-refractivity contribution >= 4 is 5.91 Å². The van der Waals surface area contributed by atoms with E-state index in [9.17, 15) is 4.79 Å². The van der Waals surface area contributed by atoms with Crippen LogP contribution < -0.4 is 14.8 Å². The second-order valence-electron chi connectivity index (χ2n) is 6.81. The highest BCUT2D eigenvalue weighted by atomic mass is 16.5. The van der Waals surface area contributed by atoms with Crippen LogP contribution in [-0.2, 0) is 10.2 Å². The van der Waals surface area contributed by atoms with Crippen LogP contribution in [0.5, 0.6) is 11.5 Å². The lowest BCUT2D eigenvalue weighted by atomic mass is 9.76. The smallest absolute Gasteiger partial charge is 0.257 e. The summed E-state index contributed by atoms with van der Waals surface area (Å²) >= 11 is 0. The molecule has 0 aromatic heterocycles. The minimum atomic E-state index is -0.335. The largest absolute Gasteiger partial charge is 0.497 e. The number of carbonyl (C=O) groups excluding carboxylic acids is 1. The van der Waals surface area contributed by atoms with Crippen LogP contribution in [0, 0.1) is 0 Å². The molecule has 0 aliphatic carbocycles. The fourth-order valence-corrected chi connectivity index (χ4v) is 3.13. The Morgan fingerprint density at radius 2 is 1.32 bits per heavy atom. The van der Waals surface area contributed by atoms with Crippen molar-refractivity contribution in [3.63, 3.8) is 0 Å². The number of hydrogen-bond acceptors (Lipinski definition) is 3. The molecule has 0 bridgehead atoms. The first-order chi connectivity index (χ1) is 13.6. The molecule has 0 radical (unpaired) electrons. The summed E-state index contributed by atoms with van der Waals surface area (Å²) in [6.45, 7) is 2.58. The Balaban J connectivity index is 1.65. The molecule has 0 atom stereocenters. The molecule has 3 aromatic rings. The first-order valence-electron chi connectivity index (χ1n) is 9.26. The number of methoxy groups -OCH3 is 1. The summed E-state index contributed by atoms with van der Waals surface area (Å²) in [5.74, 6) is 1.22. The van der Waals surface area contributed by atoms with Gasteiger partial charge >= 0.3 is 0 Å². The predicted octanol–water partition coefficient (Wildman–Crippen LogP) is 4.20. The highest BCUT2D eigenvalue weighted by Gasteiger charge is 2.29. The first-order valence-corrected chi connectivity index (χ1v) is 9.26. The molecular formula is C24H25NO3. The van der Waals surface area contributed by atoms with Crippen LogP contribution in [0.25, 0.3) is 0 Å². The van der Waals surface area contributed by atoms with Gasteiger partial charge in [-0.2, -0.15) is 0 Å². The number of carbonyl (C=O) groups is 1. The van der Waals surface area contributed by atoms with Gasteiger partial charge in [-0.1, -0.05) is 60.7 Å². The van der Waals surface area contributed by atoms with Gasteiger partial charge in [0.1, 0.15) is 11.5 Å². The molecule has 0 fully saturated rings. The topological polar surface area (TPSA) is 47.6 Å². The highest BCUT2D eigenvalue weighted by Crippen LogP contribution is 2.31. The maximum atomic E-state index is 12.4. The van der Waals surface area contributed by atoms with Crippen molar-refractivity contribution in [1.82, 2.24) is 5.32 Å². The van der Waals surface area contributed by atoms with E-state index in [1.165, 1.54) is 0 Å². The number of benzene rings is 3. The summed E-state index contributed by atoms with van der Waals surface area (Å²) in [6, 6.07) is 27.6. The number of rotatable bonds is 8. The van der Waals surface area contributed by atoms with Gasteiger partial charge in [0.2, 0.25) is 0 Å². The summed E-state index contributed by atoms with van der Waals surface area (Å²) in [6.07, 6.45) is 0. The maximum Gasteiger partial charge on any atom is 0.257 e. The van der Waals surface area contributed by atoms with Crippen molar-refractivity contribution in [2.45, 2.75) is 12.3 Å². The van der Waals surface area contributed by atoms with Gasteiger partial charge in [-0.3, -0.25) is 4.79 Å². The Morgan fingerprint density at radius 1 is 0.821 bits per heavy atom. The number of hydrogen-bond donors (Lipinski definition) is 1. The molecule has 0 saturated heterocycles. The Kier molecular flexibility index (Phi) is 6.33. The van der Waals surface area contributed by atoms with Crippen LogP contribution in [0.4, 0.5) is 0 Å². The molecule has 3 rings (SSSR count). The average Bonchev–Trinajstić information content (AvgIpc) is 2.77. The monoisotopic (exact) mass is 375 g/mol. The van der Waals surface area contributed by atoms with Gasteiger partial charge in [0.05, 0.1) is 7.11 Å². The summed E-state index contributed by atoms with van der Waals surface area (Å²) in [4.78, 5) is 12.4. The molecule has 3 aromatic carbocycles. The molecule has 0 aliphatic heterocycles. The lowest BCUT2D eigenvalue weighted by molar-refractivity contribution is -0.123. The quantitative estimate of drug-likeness (QED) is 0.642. The van der Waals surface area contributed by atoms with Crippen molar-refractivity contribution in [3.8, 4) is 11.5 Å². The van der Waals surface area contributed by atoms with E-state index in [2.05, 4.69) is 36.5 Å². The normalized spacial score (nSPS) is 10.9. The Morgan fingerprint density at radius 3 is 1.82 bits per heavy atom. The van der Waals surface area contributed by atoms with Crippen molar-refractivity contribution in [2.75, 3.05) is 20.3 Å². The van der Waals surface area contributed by atoms with Crippen LogP contribution in [0.2, 0.25) is 0 Å². The molecule has 0 saturated carbocycles. The fraction of sp³-hybridized carbons (Fsp3) is 0.208. The molecule has 4 nitrogen and oxygen atoms in total. The van der Waals surface area contributed by atoms with Crippen LogP contribution >= 0.6 is 0 Å².